The fourth-order valence-corrected chi connectivity index (χ4v) is 3.85. The Morgan fingerprint density at radius 1 is 1.09 bits per heavy atom. The van der Waals surface area contributed by atoms with E-state index in [4.69, 9.17) is 9.84 Å². The fraction of sp³-hybridized carbons (Fsp3) is 0.217. The van der Waals surface area contributed by atoms with Gasteiger partial charge in [-0.05, 0) is 29.2 Å². The van der Waals surface area contributed by atoms with Crippen LogP contribution in [0, 0.1) is 0 Å². The summed E-state index contributed by atoms with van der Waals surface area (Å²) in [5.41, 5.74) is 4.30. The summed E-state index contributed by atoms with van der Waals surface area (Å²) in [4.78, 5) is 35.6. The summed E-state index contributed by atoms with van der Waals surface area (Å²) in [6, 6.07) is 15.7. The number of aromatic amines is 1. The van der Waals surface area contributed by atoms with Crippen molar-refractivity contribution in [3.63, 3.8) is 0 Å². The second-order valence-corrected chi connectivity index (χ2v) is 7.65. The number of amides is 2. The van der Waals surface area contributed by atoms with Gasteiger partial charge in [0, 0.05) is 12.0 Å². The molecular weight excluding hydrogens is 428 g/mol. The lowest BCUT2D eigenvalue weighted by Crippen LogP contribution is -2.47. The number of carboxylic acids is 1. The molecule has 0 saturated heterocycles. The molecule has 2 aromatic carbocycles. The number of H-pyrrole nitrogens is 1. The number of aliphatic hydroxyl groups is 1. The van der Waals surface area contributed by atoms with E-state index in [0.29, 0.717) is 0 Å². The molecule has 10 nitrogen and oxygen atoms in total. The highest BCUT2D eigenvalue weighted by molar-refractivity contribution is 5.96. The first-order chi connectivity index (χ1) is 15.8. The normalized spacial score (nSPS) is 14.0. The second-order valence-electron chi connectivity index (χ2n) is 7.65. The molecule has 0 fully saturated rings. The Labute approximate surface area is 188 Å². The van der Waals surface area contributed by atoms with E-state index in [9.17, 15) is 19.5 Å². The number of nitrogens with one attached hydrogen (secondary N) is 3. The quantitative estimate of drug-likeness (QED) is 0.370. The summed E-state index contributed by atoms with van der Waals surface area (Å²) in [6.45, 7) is 1.36. The van der Waals surface area contributed by atoms with Crippen LogP contribution in [0.25, 0.3) is 11.1 Å². The van der Waals surface area contributed by atoms with Crippen LogP contribution >= 0.6 is 0 Å². The Hall–Kier alpha value is -4.18. The van der Waals surface area contributed by atoms with Crippen LogP contribution in [0.2, 0.25) is 0 Å². The number of hydrogen-bond acceptors (Lipinski definition) is 6. The van der Waals surface area contributed by atoms with Crippen LogP contribution in [0.15, 0.2) is 54.6 Å². The van der Waals surface area contributed by atoms with Crippen LogP contribution in [0.3, 0.4) is 0 Å². The molecule has 0 saturated carbocycles. The van der Waals surface area contributed by atoms with Gasteiger partial charge in [-0.3, -0.25) is 15.2 Å². The average Bonchev–Trinajstić information content (AvgIpc) is 3.38. The minimum Gasteiger partial charge on any atom is -0.480 e. The summed E-state index contributed by atoms with van der Waals surface area (Å²) >= 11 is 0. The van der Waals surface area contributed by atoms with Crippen molar-refractivity contribution in [2.45, 2.75) is 25.0 Å². The molecule has 170 valence electrons. The zero-order chi connectivity index (χ0) is 23.5. The lowest BCUT2D eigenvalue weighted by Gasteiger charge is -2.16. The lowest BCUT2D eigenvalue weighted by molar-refractivity contribution is -0.141. The fourth-order valence-electron chi connectivity index (χ4n) is 3.85. The van der Waals surface area contributed by atoms with Crippen molar-refractivity contribution in [1.29, 1.82) is 0 Å². The molecule has 2 unspecified atom stereocenters. The second kappa shape index (κ2) is 9.13. The molecule has 1 aromatic heterocycles. The van der Waals surface area contributed by atoms with E-state index in [1.165, 1.54) is 13.0 Å². The molecule has 2 amide bonds. The maximum atomic E-state index is 12.3. The van der Waals surface area contributed by atoms with Gasteiger partial charge in [-0.2, -0.15) is 5.10 Å². The number of ether oxygens (including phenoxy) is 1. The summed E-state index contributed by atoms with van der Waals surface area (Å²) in [7, 11) is 0. The number of nitrogens with zero attached hydrogens (tertiary/aromatic N) is 1. The minimum atomic E-state index is -1.49. The van der Waals surface area contributed by atoms with Crippen LogP contribution < -0.4 is 10.6 Å². The Kier molecular flexibility index (Phi) is 6.09. The van der Waals surface area contributed by atoms with Gasteiger partial charge in [0.05, 0.1) is 6.10 Å². The van der Waals surface area contributed by atoms with Gasteiger partial charge in [0.25, 0.3) is 5.91 Å². The van der Waals surface area contributed by atoms with Crippen LogP contribution in [0.1, 0.15) is 34.5 Å². The highest BCUT2D eigenvalue weighted by Crippen LogP contribution is 2.44. The van der Waals surface area contributed by atoms with Crippen molar-refractivity contribution in [2.75, 3.05) is 11.9 Å². The Morgan fingerprint density at radius 2 is 1.70 bits per heavy atom. The molecule has 1 aliphatic carbocycles. The number of hydrogen-bond donors (Lipinski definition) is 5. The number of aliphatic hydroxyl groups excluding tert-OH is 1. The van der Waals surface area contributed by atoms with Gasteiger partial charge in [0.1, 0.15) is 12.3 Å². The largest absolute Gasteiger partial charge is 0.480 e. The molecule has 1 aliphatic rings. The molecule has 4 rings (SSSR count). The number of carbonyl (C=O) groups excluding carboxylic acids is 2. The van der Waals surface area contributed by atoms with E-state index in [-0.39, 0.29) is 24.0 Å². The van der Waals surface area contributed by atoms with Gasteiger partial charge in [-0.25, -0.2) is 9.59 Å². The van der Waals surface area contributed by atoms with E-state index in [0.717, 1.165) is 22.3 Å². The molecule has 2 atom stereocenters. The topological polar surface area (TPSA) is 154 Å². The first kappa shape index (κ1) is 22.0. The third-order valence-electron chi connectivity index (χ3n) is 5.43. The van der Waals surface area contributed by atoms with E-state index in [2.05, 4.69) is 20.8 Å². The average molecular weight is 450 g/mol. The number of aliphatic carboxylic acids is 1. The van der Waals surface area contributed by atoms with E-state index in [1.54, 1.807) is 0 Å². The van der Waals surface area contributed by atoms with Crippen molar-refractivity contribution in [1.82, 2.24) is 15.5 Å². The Bertz CT molecular complexity index is 1160. The van der Waals surface area contributed by atoms with Gasteiger partial charge in [0.2, 0.25) is 0 Å². The highest BCUT2D eigenvalue weighted by Gasteiger charge is 2.29. The summed E-state index contributed by atoms with van der Waals surface area (Å²) in [6.07, 6.45) is -2.05. The number of carbonyl (C=O) groups is 3. The molecule has 33 heavy (non-hydrogen) atoms. The molecule has 0 spiro atoms. The van der Waals surface area contributed by atoms with Gasteiger partial charge in [0.15, 0.2) is 11.9 Å². The maximum Gasteiger partial charge on any atom is 0.412 e. The highest BCUT2D eigenvalue weighted by atomic mass is 16.5. The standard InChI is InChI=1S/C23H22N4O6/c1-12(28)20(22(30)31)25-21(29)18-10-19(27-26-18)24-23(32)33-11-17-15-8-4-2-6-13(15)14-7-3-5-9-16(14)17/h2-10,12,17,20,28H,11H2,1H3,(H,25,29)(H,30,31)(H2,24,26,27,32). The third-order valence-corrected chi connectivity index (χ3v) is 5.43. The van der Waals surface area contributed by atoms with Crippen molar-refractivity contribution >= 4 is 23.8 Å². The molecule has 0 radical (unpaired) electrons. The van der Waals surface area contributed by atoms with Gasteiger partial charge >= 0.3 is 12.1 Å². The Morgan fingerprint density at radius 3 is 2.27 bits per heavy atom. The first-order valence-corrected chi connectivity index (χ1v) is 10.2. The molecule has 0 bridgehead atoms. The zero-order valence-corrected chi connectivity index (χ0v) is 17.6. The monoisotopic (exact) mass is 450 g/mol. The third kappa shape index (κ3) is 4.55. The summed E-state index contributed by atoms with van der Waals surface area (Å²) < 4.78 is 5.43. The van der Waals surface area contributed by atoms with Crippen LogP contribution in [0.5, 0.6) is 0 Å². The number of anilines is 1. The SMILES string of the molecule is CC(O)C(NC(=O)c1cc(NC(=O)OCC2c3ccccc3-c3ccccc32)n[nH]1)C(=O)O. The molecule has 3 aromatic rings. The first-order valence-electron chi connectivity index (χ1n) is 10.2. The van der Waals surface area contributed by atoms with Crippen molar-refractivity contribution in [2.24, 2.45) is 0 Å². The van der Waals surface area contributed by atoms with E-state index in [1.807, 2.05) is 48.5 Å². The number of fused-ring (bicyclic) bond motifs is 3. The molecule has 1 heterocycles. The summed E-state index contributed by atoms with van der Waals surface area (Å²) in [5, 5.41) is 29.4. The van der Waals surface area contributed by atoms with Crippen LogP contribution in [-0.4, -0.2) is 57.1 Å². The minimum absolute atomic E-state index is 0.0290. The van der Waals surface area contributed by atoms with E-state index < -0.39 is 30.1 Å². The summed E-state index contributed by atoms with van der Waals surface area (Å²) in [5.74, 6) is -2.25. The maximum absolute atomic E-state index is 12.3. The van der Waals surface area contributed by atoms with Crippen LogP contribution in [0.4, 0.5) is 10.6 Å². The molecule has 0 aliphatic heterocycles. The molecule has 10 heteroatoms. The lowest BCUT2D eigenvalue weighted by atomic mass is 9.98. The molecule has 5 N–H and O–H groups in total. The predicted octanol–water partition coefficient (Wildman–Crippen LogP) is 2.33. The number of benzene rings is 2. The number of carboxylic acid groups (broad SMARTS) is 1. The number of aromatic nitrogens is 2. The van der Waals surface area contributed by atoms with Crippen LogP contribution in [-0.2, 0) is 9.53 Å². The molecular formula is C23H22N4O6. The van der Waals surface area contributed by atoms with Gasteiger partial charge < -0.3 is 20.3 Å². The number of rotatable bonds is 7. The Balaban J connectivity index is 1.37. The van der Waals surface area contributed by atoms with Crippen molar-refractivity contribution in [3.8, 4) is 11.1 Å². The predicted molar refractivity (Wildman–Crippen MR) is 118 cm³/mol. The smallest absolute Gasteiger partial charge is 0.412 e. The van der Waals surface area contributed by atoms with Crippen molar-refractivity contribution < 1.29 is 29.3 Å². The zero-order valence-electron chi connectivity index (χ0n) is 17.6. The van der Waals surface area contributed by atoms with E-state index >= 15 is 0 Å². The van der Waals surface area contributed by atoms with Crippen molar-refractivity contribution in [3.05, 3.63) is 71.4 Å². The van der Waals surface area contributed by atoms with Gasteiger partial charge in [-0.1, -0.05) is 48.5 Å². The van der Waals surface area contributed by atoms with Gasteiger partial charge in [-0.15, -0.1) is 0 Å².